The average molecular weight is 194 g/mol. The van der Waals surface area contributed by atoms with Crippen LogP contribution in [0.4, 0.5) is 5.69 Å². The van der Waals surface area contributed by atoms with Gasteiger partial charge in [-0.05, 0) is 19.1 Å². The van der Waals surface area contributed by atoms with Gasteiger partial charge in [-0.25, -0.2) is 0 Å². The Hall–Kier alpha value is -1.39. The van der Waals surface area contributed by atoms with E-state index in [0.717, 1.165) is 5.69 Å². The number of carbonyl (C=O) groups excluding carboxylic acids is 1. The van der Waals surface area contributed by atoms with Crippen LogP contribution in [0.3, 0.4) is 0 Å². The highest BCUT2D eigenvalue weighted by Gasteiger charge is 2.11. The normalized spacial score (nSPS) is 12.1. The summed E-state index contributed by atoms with van der Waals surface area (Å²) in [6.07, 6.45) is 0. The fourth-order valence-electron chi connectivity index (χ4n) is 1.00. The Labute approximate surface area is 83.2 Å². The number of carbonyl (C=O) groups is 1. The van der Waals surface area contributed by atoms with E-state index in [-0.39, 0.29) is 11.9 Å². The second-order valence-corrected chi connectivity index (χ2v) is 2.90. The molecular formula is C10H14N2O2. The highest BCUT2D eigenvalue weighted by atomic mass is 16.6. The Balaban J connectivity index is 2.49. The first-order valence-electron chi connectivity index (χ1n) is 4.38. The third kappa shape index (κ3) is 3.16. The number of hydroxylamine groups is 1. The van der Waals surface area contributed by atoms with E-state index in [9.17, 15) is 4.79 Å². The highest BCUT2D eigenvalue weighted by Crippen LogP contribution is 2.05. The molecule has 4 heteroatoms. The standard InChI is InChI=1S/C10H14N2O2/c1-8(12-14-2)10(13)11-9-6-4-3-5-7-9/h3-8,12H,1-2H3,(H,11,13). The third-order valence-electron chi connectivity index (χ3n) is 1.73. The van der Waals surface area contributed by atoms with Crippen LogP contribution in [0.1, 0.15) is 6.92 Å². The molecule has 0 saturated heterocycles. The Morgan fingerprint density at radius 2 is 2.00 bits per heavy atom. The molecule has 0 heterocycles. The van der Waals surface area contributed by atoms with Gasteiger partial charge in [-0.15, -0.1) is 0 Å². The molecule has 1 atom stereocenters. The largest absolute Gasteiger partial charge is 0.325 e. The predicted octanol–water partition coefficient (Wildman–Crippen LogP) is 1.16. The summed E-state index contributed by atoms with van der Waals surface area (Å²) in [6, 6.07) is 8.91. The molecule has 0 aliphatic carbocycles. The summed E-state index contributed by atoms with van der Waals surface area (Å²) in [5, 5.41) is 2.75. The van der Waals surface area contributed by atoms with E-state index in [1.54, 1.807) is 6.92 Å². The minimum atomic E-state index is -0.375. The predicted molar refractivity (Wildman–Crippen MR) is 54.7 cm³/mol. The summed E-state index contributed by atoms with van der Waals surface area (Å²) in [7, 11) is 1.48. The van der Waals surface area contributed by atoms with Gasteiger partial charge in [-0.2, -0.15) is 5.48 Å². The molecule has 1 aromatic rings. The molecule has 0 bridgehead atoms. The molecule has 0 aliphatic rings. The summed E-state index contributed by atoms with van der Waals surface area (Å²) in [5.74, 6) is -0.127. The zero-order valence-electron chi connectivity index (χ0n) is 8.28. The lowest BCUT2D eigenvalue weighted by Crippen LogP contribution is -2.37. The SMILES string of the molecule is CONC(C)C(=O)Nc1ccccc1. The molecule has 0 fully saturated rings. The minimum absolute atomic E-state index is 0.127. The van der Waals surface area contributed by atoms with Crippen LogP contribution in [0.25, 0.3) is 0 Å². The van der Waals surface area contributed by atoms with Gasteiger partial charge in [0.15, 0.2) is 0 Å². The van der Waals surface area contributed by atoms with Gasteiger partial charge < -0.3 is 10.2 Å². The number of benzene rings is 1. The van der Waals surface area contributed by atoms with Gasteiger partial charge in [0.2, 0.25) is 5.91 Å². The van der Waals surface area contributed by atoms with Crippen molar-refractivity contribution in [1.82, 2.24) is 5.48 Å². The van der Waals surface area contributed by atoms with E-state index in [1.165, 1.54) is 7.11 Å². The van der Waals surface area contributed by atoms with Gasteiger partial charge in [0.05, 0.1) is 7.11 Å². The maximum Gasteiger partial charge on any atom is 0.243 e. The number of para-hydroxylation sites is 1. The maximum atomic E-state index is 11.4. The topological polar surface area (TPSA) is 50.4 Å². The van der Waals surface area contributed by atoms with Crippen molar-refractivity contribution in [3.05, 3.63) is 30.3 Å². The van der Waals surface area contributed by atoms with Crippen molar-refractivity contribution in [3.63, 3.8) is 0 Å². The maximum absolute atomic E-state index is 11.4. The van der Waals surface area contributed by atoms with Crippen LogP contribution in [-0.2, 0) is 9.63 Å². The number of rotatable bonds is 4. The lowest BCUT2D eigenvalue weighted by atomic mass is 10.3. The van der Waals surface area contributed by atoms with Crippen molar-refractivity contribution in [2.45, 2.75) is 13.0 Å². The van der Waals surface area contributed by atoms with Crippen LogP contribution in [0, 0.1) is 0 Å². The summed E-state index contributed by atoms with van der Waals surface area (Å²) in [5.41, 5.74) is 3.33. The van der Waals surface area contributed by atoms with Crippen molar-refractivity contribution < 1.29 is 9.63 Å². The number of nitrogens with one attached hydrogen (secondary N) is 2. The van der Waals surface area contributed by atoms with Gasteiger partial charge in [0, 0.05) is 5.69 Å². The van der Waals surface area contributed by atoms with E-state index in [0.29, 0.717) is 0 Å². The zero-order valence-corrected chi connectivity index (χ0v) is 8.28. The molecule has 1 rings (SSSR count). The summed E-state index contributed by atoms with van der Waals surface area (Å²) in [4.78, 5) is 16.1. The van der Waals surface area contributed by atoms with Crippen LogP contribution in [0.2, 0.25) is 0 Å². The van der Waals surface area contributed by atoms with Crippen molar-refractivity contribution in [2.75, 3.05) is 12.4 Å². The zero-order chi connectivity index (χ0) is 10.4. The summed E-state index contributed by atoms with van der Waals surface area (Å²) < 4.78 is 0. The first kappa shape index (κ1) is 10.7. The Morgan fingerprint density at radius 3 is 2.57 bits per heavy atom. The second-order valence-electron chi connectivity index (χ2n) is 2.90. The van der Waals surface area contributed by atoms with Gasteiger partial charge in [0.25, 0.3) is 0 Å². The summed E-state index contributed by atoms with van der Waals surface area (Å²) >= 11 is 0. The molecule has 1 unspecified atom stereocenters. The molecule has 14 heavy (non-hydrogen) atoms. The molecule has 1 amide bonds. The molecule has 0 spiro atoms. The number of amides is 1. The fourth-order valence-corrected chi connectivity index (χ4v) is 1.00. The van der Waals surface area contributed by atoms with Crippen molar-refractivity contribution in [2.24, 2.45) is 0 Å². The van der Waals surface area contributed by atoms with Gasteiger partial charge in [0.1, 0.15) is 6.04 Å². The van der Waals surface area contributed by atoms with E-state index in [1.807, 2.05) is 30.3 Å². The van der Waals surface area contributed by atoms with Crippen molar-refractivity contribution in [1.29, 1.82) is 0 Å². The monoisotopic (exact) mass is 194 g/mol. The van der Waals surface area contributed by atoms with Crippen LogP contribution < -0.4 is 10.8 Å². The highest BCUT2D eigenvalue weighted by molar-refractivity contribution is 5.94. The van der Waals surface area contributed by atoms with E-state index < -0.39 is 0 Å². The molecule has 2 N–H and O–H groups in total. The molecule has 4 nitrogen and oxygen atoms in total. The molecule has 76 valence electrons. The number of anilines is 1. The molecule has 0 radical (unpaired) electrons. The molecule has 1 aromatic carbocycles. The van der Waals surface area contributed by atoms with Crippen molar-refractivity contribution in [3.8, 4) is 0 Å². The third-order valence-corrected chi connectivity index (χ3v) is 1.73. The number of hydrogen-bond acceptors (Lipinski definition) is 3. The van der Waals surface area contributed by atoms with Crippen LogP contribution in [-0.4, -0.2) is 19.1 Å². The van der Waals surface area contributed by atoms with Gasteiger partial charge in [-0.3, -0.25) is 4.79 Å². The van der Waals surface area contributed by atoms with Gasteiger partial charge in [-0.1, -0.05) is 18.2 Å². The fraction of sp³-hybridized carbons (Fsp3) is 0.300. The quantitative estimate of drug-likeness (QED) is 0.707. The lowest BCUT2D eigenvalue weighted by Gasteiger charge is -2.11. The Kier molecular flexibility index (Phi) is 4.10. The van der Waals surface area contributed by atoms with Crippen LogP contribution in [0.15, 0.2) is 30.3 Å². The first-order chi connectivity index (χ1) is 6.74. The van der Waals surface area contributed by atoms with E-state index in [2.05, 4.69) is 15.6 Å². The second kappa shape index (κ2) is 5.36. The lowest BCUT2D eigenvalue weighted by molar-refractivity contribution is -0.120. The van der Waals surface area contributed by atoms with Gasteiger partial charge >= 0.3 is 0 Å². The molecule has 0 aromatic heterocycles. The molecule has 0 aliphatic heterocycles. The smallest absolute Gasteiger partial charge is 0.243 e. The summed E-state index contributed by atoms with van der Waals surface area (Å²) in [6.45, 7) is 1.72. The first-order valence-corrected chi connectivity index (χ1v) is 4.38. The average Bonchev–Trinajstić information content (AvgIpc) is 2.19. The Bertz CT molecular complexity index is 287. The Morgan fingerprint density at radius 1 is 1.36 bits per heavy atom. The van der Waals surface area contributed by atoms with Crippen LogP contribution in [0.5, 0.6) is 0 Å². The molecular weight excluding hydrogens is 180 g/mol. The number of hydrogen-bond donors (Lipinski definition) is 2. The van der Waals surface area contributed by atoms with Crippen LogP contribution >= 0.6 is 0 Å². The minimum Gasteiger partial charge on any atom is -0.325 e. The van der Waals surface area contributed by atoms with E-state index in [4.69, 9.17) is 0 Å². The van der Waals surface area contributed by atoms with Crippen molar-refractivity contribution >= 4 is 11.6 Å². The van der Waals surface area contributed by atoms with E-state index >= 15 is 0 Å². The molecule has 0 saturated carbocycles.